The SMILES string of the molecule is COc1cc(SOC(=O)CSOOO)ccc1N=Nc1c(SOOO)cc2c(S(=O)(=O)O)c(C)ccc2c1O. The number of carbonyl (C=O) groups excluding carboxylic acids is 1. The number of benzene rings is 3. The van der Waals surface area contributed by atoms with E-state index in [1.807, 2.05) is 0 Å². The molecule has 3 aromatic rings. The summed E-state index contributed by atoms with van der Waals surface area (Å²) in [5, 5.41) is 42.7. The Kier molecular flexibility index (Phi) is 11.1. The van der Waals surface area contributed by atoms with E-state index in [-0.39, 0.29) is 44.1 Å². The number of aryl methyl sites for hydroxylation is 1. The summed E-state index contributed by atoms with van der Waals surface area (Å²) in [5.74, 6) is -1.23. The number of azo groups is 1. The molecule has 210 valence electrons. The third-order valence-electron chi connectivity index (χ3n) is 4.69. The quantitative estimate of drug-likeness (QED) is 0.0458. The highest BCUT2D eigenvalue weighted by atomic mass is 32.2. The Balaban J connectivity index is 1.97. The van der Waals surface area contributed by atoms with Crippen LogP contribution in [0.3, 0.4) is 0 Å². The summed E-state index contributed by atoms with van der Waals surface area (Å²) in [7, 11) is -3.32. The zero-order chi connectivity index (χ0) is 28.6. The first kappa shape index (κ1) is 30.8. The van der Waals surface area contributed by atoms with E-state index in [9.17, 15) is 22.9 Å². The predicted molar refractivity (Wildman–Crippen MR) is 137 cm³/mol. The Bertz CT molecular complexity index is 1480. The van der Waals surface area contributed by atoms with Crippen molar-refractivity contribution in [3.63, 3.8) is 0 Å². The Labute approximate surface area is 233 Å². The number of phenolic OH excluding ortho intramolecular Hbond substituents is 1. The van der Waals surface area contributed by atoms with Crippen molar-refractivity contribution < 1.29 is 61.1 Å². The molecule has 0 amide bonds. The molecule has 3 aromatic carbocycles. The topological polar surface area (TPSA) is 212 Å². The number of hydrogen-bond acceptors (Lipinski definition) is 17. The van der Waals surface area contributed by atoms with Crippen LogP contribution < -0.4 is 4.74 Å². The molecule has 0 spiro atoms. The minimum Gasteiger partial charge on any atom is -0.505 e. The van der Waals surface area contributed by atoms with E-state index < -0.39 is 26.7 Å². The van der Waals surface area contributed by atoms with Gasteiger partial charge < -0.3 is 14.0 Å². The van der Waals surface area contributed by atoms with Crippen LogP contribution in [0, 0.1) is 6.92 Å². The molecule has 0 saturated heterocycles. The van der Waals surface area contributed by atoms with Crippen LogP contribution in [0.4, 0.5) is 11.4 Å². The summed E-state index contributed by atoms with van der Waals surface area (Å²) in [5.41, 5.74) is 0.221. The molecule has 0 radical (unpaired) electrons. The normalized spacial score (nSPS) is 11.8. The number of rotatable bonds is 13. The molecule has 0 aliphatic carbocycles. The molecule has 4 N–H and O–H groups in total. The average Bonchev–Trinajstić information content (AvgIpc) is 2.89. The van der Waals surface area contributed by atoms with Gasteiger partial charge in [-0.25, -0.2) is 10.5 Å². The minimum atomic E-state index is -4.68. The van der Waals surface area contributed by atoms with Gasteiger partial charge in [0.15, 0.2) is 5.75 Å². The fraction of sp³-hybridized carbons (Fsp3) is 0.150. The number of aromatic hydroxyl groups is 1. The maximum atomic E-state index is 12.0. The van der Waals surface area contributed by atoms with Crippen molar-refractivity contribution in [1.29, 1.82) is 0 Å². The van der Waals surface area contributed by atoms with E-state index in [2.05, 4.69) is 29.0 Å². The van der Waals surface area contributed by atoms with E-state index >= 15 is 0 Å². The fourth-order valence-electron chi connectivity index (χ4n) is 3.17. The number of carbonyl (C=O) groups is 1. The van der Waals surface area contributed by atoms with Crippen molar-refractivity contribution in [2.45, 2.75) is 21.6 Å². The number of nitrogens with zero attached hydrogens (tertiary/aromatic N) is 2. The molecule has 0 saturated carbocycles. The van der Waals surface area contributed by atoms with E-state index in [0.29, 0.717) is 29.0 Å². The van der Waals surface area contributed by atoms with Crippen LogP contribution in [-0.2, 0) is 37.8 Å². The summed E-state index contributed by atoms with van der Waals surface area (Å²) in [6.45, 7) is 1.46. The van der Waals surface area contributed by atoms with Crippen molar-refractivity contribution in [3.05, 3.63) is 42.0 Å². The van der Waals surface area contributed by atoms with Crippen LogP contribution >= 0.6 is 36.1 Å². The van der Waals surface area contributed by atoms with Gasteiger partial charge in [0.1, 0.15) is 27.8 Å². The zero-order valence-corrected chi connectivity index (χ0v) is 22.9. The van der Waals surface area contributed by atoms with E-state index in [0.717, 1.165) is 12.0 Å². The lowest BCUT2D eigenvalue weighted by Crippen LogP contribution is -2.02. The molecule has 19 heteroatoms. The van der Waals surface area contributed by atoms with Gasteiger partial charge in [0.2, 0.25) is 0 Å². The third-order valence-corrected chi connectivity index (χ3v) is 7.59. The van der Waals surface area contributed by atoms with E-state index in [4.69, 9.17) is 19.4 Å². The highest BCUT2D eigenvalue weighted by Crippen LogP contribution is 2.46. The summed E-state index contributed by atoms with van der Waals surface area (Å²) >= 11 is 1.62. The van der Waals surface area contributed by atoms with Crippen LogP contribution in [0.1, 0.15) is 5.56 Å². The van der Waals surface area contributed by atoms with Crippen LogP contribution in [-0.4, -0.2) is 47.4 Å². The number of methoxy groups -OCH3 is 1. The molecule has 0 heterocycles. The van der Waals surface area contributed by atoms with Gasteiger partial charge in [-0.05, 0) is 36.8 Å². The Morgan fingerprint density at radius 1 is 1.00 bits per heavy atom. The molecule has 0 unspecified atom stereocenters. The molecule has 0 aromatic heterocycles. The summed E-state index contributed by atoms with van der Waals surface area (Å²) in [6, 6.07) is 8.59. The first-order valence-corrected chi connectivity index (χ1v) is 13.9. The van der Waals surface area contributed by atoms with E-state index in [1.54, 1.807) is 0 Å². The molecule has 39 heavy (non-hydrogen) atoms. The molecular weight excluding hydrogens is 604 g/mol. The second kappa shape index (κ2) is 14.1. The van der Waals surface area contributed by atoms with Crippen LogP contribution in [0.15, 0.2) is 61.3 Å². The molecule has 0 fully saturated rings. The Morgan fingerprint density at radius 2 is 1.74 bits per heavy atom. The number of fused-ring (bicyclic) bond motifs is 1. The van der Waals surface area contributed by atoms with Gasteiger partial charge in [0.05, 0.1) is 41.0 Å². The highest BCUT2D eigenvalue weighted by molar-refractivity contribution is 7.96. The Hall–Kier alpha value is -2.69. The summed E-state index contributed by atoms with van der Waals surface area (Å²) < 4.78 is 52.6. The van der Waals surface area contributed by atoms with Crippen molar-refractivity contribution >= 4 is 74.4 Å². The lowest BCUT2D eigenvalue weighted by atomic mass is 10.1. The molecular formula is C20H18N2O13S4. The van der Waals surface area contributed by atoms with Crippen LogP contribution in [0.25, 0.3) is 10.8 Å². The Morgan fingerprint density at radius 3 is 2.41 bits per heavy atom. The summed E-state index contributed by atoms with van der Waals surface area (Å²) in [4.78, 5) is 11.6. The van der Waals surface area contributed by atoms with Crippen molar-refractivity contribution in [1.82, 2.24) is 0 Å². The van der Waals surface area contributed by atoms with Gasteiger partial charge in [0.25, 0.3) is 10.1 Å². The van der Waals surface area contributed by atoms with Crippen molar-refractivity contribution in [2.75, 3.05) is 12.9 Å². The van der Waals surface area contributed by atoms with Gasteiger partial charge in [-0.1, -0.05) is 22.2 Å². The van der Waals surface area contributed by atoms with Gasteiger partial charge in [-0.2, -0.15) is 8.42 Å². The molecule has 0 aliphatic heterocycles. The van der Waals surface area contributed by atoms with Gasteiger partial charge in [-0.15, -0.1) is 18.9 Å². The maximum absolute atomic E-state index is 12.0. The van der Waals surface area contributed by atoms with Crippen molar-refractivity contribution in [2.24, 2.45) is 10.2 Å². The zero-order valence-electron chi connectivity index (χ0n) is 19.7. The van der Waals surface area contributed by atoms with Gasteiger partial charge >= 0.3 is 5.97 Å². The first-order chi connectivity index (χ1) is 18.6. The smallest absolute Gasteiger partial charge is 0.330 e. The first-order valence-electron chi connectivity index (χ1n) is 10.1. The second-order valence-corrected chi connectivity index (χ2v) is 10.6. The van der Waals surface area contributed by atoms with Gasteiger partial charge in [0, 0.05) is 22.8 Å². The predicted octanol–water partition coefficient (Wildman–Crippen LogP) is 5.57. The summed E-state index contributed by atoms with van der Waals surface area (Å²) in [6.07, 6.45) is 0. The van der Waals surface area contributed by atoms with Gasteiger partial charge in [-0.3, -0.25) is 9.35 Å². The van der Waals surface area contributed by atoms with Crippen LogP contribution in [0.2, 0.25) is 0 Å². The second-order valence-electron chi connectivity index (χ2n) is 7.06. The molecule has 3 rings (SSSR count). The highest BCUT2D eigenvalue weighted by Gasteiger charge is 2.23. The number of phenols is 1. The molecule has 0 atom stereocenters. The minimum absolute atomic E-state index is 0.0280. The lowest BCUT2D eigenvalue weighted by Gasteiger charge is -2.13. The molecule has 15 nitrogen and oxygen atoms in total. The number of hydrogen-bond donors (Lipinski definition) is 4. The van der Waals surface area contributed by atoms with E-state index in [1.165, 1.54) is 50.4 Å². The third kappa shape index (κ3) is 7.93. The largest absolute Gasteiger partial charge is 0.505 e. The van der Waals surface area contributed by atoms with Crippen molar-refractivity contribution in [3.8, 4) is 11.5 Å². The average molecular weight is 623 g/mol. The fourth-order valence-corrected chi connectivity index (χ4v) is 5.42. The molecule has 0 aliphatic rings. The standard InChI is InChI=1S/C20H18N2O13S4/c1-10-3-5-12-13(20(10)39(27,28)29)8-16(38-35-33-26)18(19(12)24)22-21-14-6-4-11(7-15(14)30-2)37-31-17(23)9-36-34-32-25/h3-8,24-26H,9H2,1-2H3,(H,27,28,29). The molecule has 0 bridgehead atoms. The maximum Gasteiger partial charge on any atom is 0.330 e. The van der Waals surface area contributed by atoms with Crippen LogP contribution in [0.5, 0.6) is 11.5 Å². The number of ether oxygens (including phenoxy) is 1. The lowest BCUT2D eigenvalue weighted by molar-refractivity contribution is -0.432. The monoisotopic (exact) mass is 622 g/mol.